The summed E-state index contributed by atoms with van der Waals surface area (Å²) in [6, 6.07) is 13.4. The van der Waals surface area contributed by atoms with Crippen LogP contribution in [-0.2, 0) is 16.1 Å². The average Bonchev–Trinajstić information content (AvgIpc) is 2.62. The van der Waals surface area contributed by atoms with Crippen LogP contribution in [0.25, 0.3) is 0 Å². The molecule has 0 saturated heterocycles. The van der Waals surface area contributed by atoms with Crippen molar-refractivity contribution in [3.05, 3.63) is 59.9 Å². The normalized spacial score (nSPS) is 10.4. The molecule has 0 atom stereocenters. The molecule has 2 rings (SSSR count). The number of carbonyl (C=O) groups is 2. The van der Waals surface area contributed by atoms with Gasteiger partial charge >= 0.3 is 5.97 Å². The Labute approximate surface area is 155 Å². The minimum absolute atomic E-state index is 0.0277. The highest BCUT2D eigenvalue weighted by atomic mass is 32.2. The van der Waals surface area contributed by atoms with Gasteiger partial charge in [0.1, 0.15) is 11.6 Å². The summed E-state index contributed by atoms with van der Waals surface area (Å²) >= 11 is 1.32. The van der Waals surface area contributed by atoms with Gasteiger partial charge in [-0.05, 0) is 29.8 Å². The summed E-state index contributed by atoms with van der Waals surface area (Å²) in [6.45, 7) is 0.0415. The molecule has 0 bridgehead atoms. The Bertz CT molecular complexity index is 751. The third-order valence-corrected chi connectivity index (χ3v) is 4.59. The van der Waals surface area contributed by atoms with Crippen molar-refractivity contribution in [2.75, 3.05) is 19.4 Å². The Balaban J connectivity index is 1.77. The van der Waals surface area contributed by atoms with Crippen molar-refractivity contribution in [2.24, 2.45) is 0 Å². The summed E-state index contributed by atoms with van der Waals surface area (Å²) in [5, 5.41) is 8.58. The van der Waals surface area contributed by atoms with Crippen molar-refractivity contribution in [3.8, 4) is 5.75 Å². The van der Waals surface area contributed by atoms with Gasteiger partial charge < -0.3 is 14.7 Å². The van der Waals surface area contributed by atoms with Crippen LogP contribution < -0.4 is 4.74 Å². The summed E-state index contributed by atoms with van der Waals surface area (Å²) in [6.07, 6.45) is 0.315. The van der Waals surface area contributed by atoms with Gasteiger partial charge in [-0.3, -0.25) is 4.79 Å². The van der Waals surface area contributed by atoms with Crippen LogP contribution in [0.5, 0.6) is 5.75 Å². The van der Waals surface area contributed by atoms with Gasteiger partial charge in [0, 0.05) is 30.7 Å². The Morgan fingerprint density at radius 1 is 1.15 bits per heavy atom. The van der Waals surface area contributed by atoms with Crippen LogP contribution >= 0.6 is 11.8 Å². The molecule has 1 amide bonds. The number of aliphatic carboxylic acids is 1. The van der Waals surface area contributed by atoms with E-state index in [0.29, 0.717) is 29.4 Å². The van der Waals surface area contributed by atoms with Crippen LogP contribution in [-0.4, -0.2) is 41.3 Å². The molecule has 0 saturated carbocycles. The number of carbonyl (C=O) groups excluding carboxylic acids is 1. The van der Waals surface area contributed by atoms with E-state index in [1.165, 1.54) is 17.8 Å². The van der Waals surface area contributed by atoms with Crippen LogP contribution in [0, 0.1) is 5.82 Å². The molecular weight excluding hydrogens is 357 g/mol. The molecule has 1 N–H and O–H groups in total. The zero-order valence-electron chi connectivity index (χ0n) is 14.4. The topological polar surface area (TPSA) is 66.8 Å². The first-order valence-electron chi connectivity index (χ1n) is 8.00. The lowest BCUT2D eigenvalue weighted by Crippen LogP contribution is -2.26. The fourth-order valence-electron chi connectivity index (χ4n) is 2.20. The zero-order valence-corrected chi connectivity index (χ0v) is 15.2. The number of hydrogen-bond acceptors (Lipinski definition) is 4. The molecule has 2 aromatic carbocycles. The molecule has 5 nitrogen and oxygen atoms in total. The first-order valence-corrected chi connectivity index (χ1v) is 8.99. The van der Waals surface area contributed by atoms with E-state index in [0.717, 1.165) is 5.56 Å². The number of benzene rings is 2. The van der Waals surface area contributed by atoms with Gasteiger partial charge in [-0.1, -0.05) is 24.3 Å². The predicted molar refractivity (Wildman–Crippen MR) is 97.8 cm³/mol. The number of thioether (sulfide) groups is 1. The number of carboxylic acid groups (broad SMARTS) is 1. The Hall–Kier alpha value is -2.54. The number of hydrogen-bond donors (Lipinski definition) is 1. The highest BCUT2D eigenvalue weighted by Gasteiger charge is 2.10. The first-order chi connectivity index (χ1) is 12.5. The van der Waals surface area contributed by atoms with Gasteiger partial charge in [-0.2, -0.15) is 0 Å². The minimum Gasteiger partial charge on any atom is -0.482 e. The van der Waals surface area contributed by atoms with Crippen LogP contribution in [0.1, 0.15) is 12.0 Å². The van der Waals surface area contributed by atoms with Gasteiger partial charge in [0.05, 0.1) is 0 Å². The van der Waals surface area contributed by atoms with Gasteiger partial charge in [0.2, 0.25) is 5.91 Å². The second kappa shape index (κ2) is 9.82. The van der Waals surface area contributed by atoms with Crippen molar-refractivity contribution in [3.63, 3.8) is 0 Å². The van der Waals surface area contributed by atoms with E-state index in [2.05, 4.69) is 0 Å². The highest BCUT2D eigenvalue weighted by Crippen LogP contribution is 2.22. The largest absolute Gasteiger partial charge is 0.482 e. The molecular formula is C19H20FNO4S. The molecule has 138 valence electrons. The molecule has 0 radical (unpaired) electrons. The lowest BCUT2D eigenvalue weighted by molar-refractivity contribution is -0.139. The number of ether oxygens (including phenoxy) is 1. The Morgan fingerprint density at radius 2 is 1.85 bits per heavy atom. The fourth-order valence-corrected chi connectivity index (χ4v) is 3.08. The molecule has 0 heterocycles. The monoisotopic (exact) mass is 377 g/mol. The molecule has 0 fully saturated rings. The SMILES string of the molecule is CN(Cc1ccc(OCC(=O)O)cc1)C(=O)CCSc1ccccc1F. The highest BCUT2D eigenvalue weighted by molar-refractivity contribution is 7.99. The van der Waals surface area contributed by atoms with Crippen molar-refractivity contribution < 1.29 is 23.8 Å². The van der Waals surface area contributed by atoms with Crippen LogP contribution in [0.3, 0.4) is 0 Å². The van der Waals surface area contributed by atoms with E-state index in [9.17, 15) is 14.0 Å². The van der Waals surface area contributed by atoms with Crippen molar-refractivity contribution in [2.45, 2.75) is 17.9 Å². The van der Waals surface area contributed by atoms with Crippen LogP contribution in [0.15, 0.2) is 53.4 Å². The number of nitrogens with zero attached hydrogens (tertiary/aromatic N) is 1. The lowest BCUT2D eigenvalue weighted by Gasteiger charge is -2.17. The second-order valence-corrected chi connectivity index (χ2v) is 6.74. The van der Waals surface area contributed by atoms with Crippen LogP contribution in [0.2, 0.25) is 0 Å². The van der Waals surface area contributed by atoms with Gasteiger partial charge in [-0.25, -0.2) is 9.18 Å². The molecule has 0 aliphatic carbocycles. The van der Waals surface area contributed by atoms with Crippen LogP contribution in [0.4, 0.5) is 4.39 Å². The Morgan fingerprint density at radius 3 is 2.50 bits per heavy atom. The summed E-state index contributed by atoms with van der Waals surface area (Å²) < 4.78 is 18.6. The van der Waals surface area contributed by atoms with E-state index in [1.54, 1.807) is 54.4 Å². The van der Waals surface area contributed by atoms with Gasteiger partial charge in [0.25, 0.3) is 0 Å². The molecule has 0 aliphatic rings. The summed E-state index contributed by atoms with van der Waals surface area (Å²) in [5.41, 5.74) is 0.908. The van der Waals surface area contributed by atoms with E-state index < -0.39 is 12.6 Å². The lowest BCUT2D eigenvalue weighted by atomic mass is 10.2. The van der Waals surface area contributed by atoms with E-state index in [4.69, 9.17) is 9.84 Å². The smallest absolute Gasteiger partial charge is 0.341 e. The third kappa shape index (κ3) is 6.40. The number of carboxylic acids is 1. The van der Waals surface area contributed by atoms with Crippen molar-refractivity contribution in [1.82, 2.24) is 4.90 Å². The maximum atomic E-state index is 13.5. The molecule has 0 aliphatic heterocycles. The van der Waals surface area contributed by atoms with Crippen molar-refractivity contribution >= 4 is 23.6 Å². The minimum atomic E-state index is -1.03. The molecule has 26 heavy (non-hydrogen) atoms. The molecule has 7 heteroatoms. The summed E-state index contributed by atoms with van der Waals surface area (Å²) in [7, 11) is 1.71. The molecule has 2 aromatic rings. The maximum absolute atomic E-state index is 13.5. The maximum Gasteiger partial charge on any atom is 0.341 e. The Kier molecular flexibility index (Phi) is 7.47. The van der Waals surface area contributed by atoms with Gasteiger partial charge in [0.15, 0.2) is 6.61 Å². The molecule has 0 unspecified atom stereocenters. The summed E-state index contributed by atoms with van der Waals surface area (Å²) in [5.74, 6) is -0.367. The second-order valence-electron chi connectivity index (χ2n) is 5.61. The fraction of sp³-hybridized carbons (Fsp3) is 0.263. The third-order valence-electron chi connectivity index (χ3n) is 3.54. The van der Waals surface area contributed by atoms with E-state index in [-0.39, 0.29) is 11.7 Å². The number of amides is 1. The van der Waals surface area contributed by atoms with Crippen molar-refractivity contribution in [1.29, 1.82) is 0 Å². The van der Waals surface area contributed by atoms with E-state index in [1.807, 2.05) is 0 Å². The quantitative estimate of drug-likeness (QED) is 0.678. The molecule has 0 spiro atoms. The zero-order chi connectivity index (χ0) is 18.9. The standard InChI is InChI=1S/C19H20FNO4S/c1-21(12-14-6-8-15(9-7-14)25-13-19(23)24)18(22)10-11-26-17-5-3-2-4-16(17)20/h2-9H,10-13H2,1H3,(H,23,24). The predicted octanol–water partition coefficient (Wildman–Crippen LogP) is 3.43. The number of halogens is 1. The average molecular weight is 377 g/mol. The van der Waals surface area contributed by atoms with E-state index >= 15 is 0 Å². The first kappa shape index (κ1) is 19.8. The summed E-state index contributed by atoms with van der Waals surface area (Å²) in [4.78, 5) is 24.8. The number of rotatable bonds is 9. The van der Waals surface area contributed by atoms with Gasteiger partial charge in [-0.15, -0.1) is 11.8 Å². The molecule has 0 aromatic heterocycles.